The molecule has 0 saturated carbocycles. The number of likely N-dealkylation sites (tertiary alicyclic amines) is 1. The number of halogens is 1. The van der Waals surface area contributed by atoms with Crippen molar-refractivity contribution in [3.05, 3.63) is 80.4 Å². The zero-order chi connectivity index (χ0) is 22.1. The summed E-state index contributed by atoms with van der Waals surface area (Å²) in [4.78, 5) is 38.3. The van der Waals surface area contributed by atoms with Crippen molar-refractivity contribution in [3.63, 3.8) is 0 Å². The Morgan fingerprint density at radius 1 is 1.19 bits per heavy atom. The number of amides is 1. The summed E-state index contributed by atoms with van der Waals surface area (Å²) in [6.45, 7) is 0.647. The van der Waals surface area contributed by atoms with Crippen LogP contribution in [0, 0.1) is 10.1 Å². The molecule has 2 aromatic rings. The minimum absolute atomic E-state index is 0.0959. The molecular weight excluding hydrogens is 424 g/mol. The molecular formula is C22H19ClN2O6. The van der Waals surface area contributed by atoms with Gasteiger partial charge in [-0.2, -0.15) is 0 Å². The molecule has 2 saturated heterocycles. The van der Waals surface area contributed by atoms with Gasteiger partial charge in [0.15, 0.2) is 0 Å². The average molecular weight is 443 g/mol. The van der Waals surface area contributed by atoms with Crippen LogP contribution in [-0.2, 0) is 14.3 Å². The van der Waals surface area contributed by atoms with Gasteiger partial charge in [0, 0.05) is 29.8 Å². The van der Waals surface area contributed by atoms with Gasteiger partial charge in [-0.3, -0.25) is 19.7 Å². The lowest BCUT2D eigenvalue weighted by atomic mass is 9.94. The van der Waals surface area contributed by atoms with Crippen molar-refractivity contribution in [2.24, 2.45) is 0 Å². The fraction of sp³-hybridized carbons (Fsp3) is 0.273. The average Bonchev–Trinajstić information content (AvgIpc) is 3.36. The number of para-hydroxylation sites is 1. The minimum Gasteiger partial charge on any atom is -0.507 e. The van der Waals surface area contributed by atoms with Crippen molar-refractivity contribution >= 4 is 34.7 Å². The van der Waals surface area contributed by atoms with Gasteiger partial charge in [-0.25, -0.2) is 0 Å². The lowest BCUT2D eigenvalue weighted by Gasteiger charge is -2.27. The van der Waals surface area contributed by atoms with Crippen molar-refractivity contribution in [2.45, 2.75) is 25.0 Å². The summed E-state index contributed by atoms with van der Waals surface area (Å²) in [6, 6.07) is 10.9. The van der Waals surface area contributed by atoms with Crippen molar-refractivity contribution in [3.8, 4) is 0 Å². The van der Waals surface area contributed by atoms with Crippen molar-refractivity contribution < 1.29 is 24.4 Å². The van der Waals surface area contributed by atoms with E-state index in [0.29, 0.717) is 18.1 Å². The van der Waals surface area contributed by atoms with E-state index in [-0.39, 0.29) is 35.0 Å². The van der Waals surface area contributed by atoms with Crippen LogP contribution in [0.4, 0.5) is 5.69 Å². The third kappa shape index (κ3) is 3.92. The fourth-order valence-corrected chi connectivity index (χ4v) is 4.17. The second-order valence-corrected chi connectivity index (χ2v) is 7.85. The maximum absolute atomic E-state index is 13.0. The number of nitrogens with zero attached hydrogens (tertiary/aromatic N) is 2. The van der Waals surface area contributed by atoms with Crippen LogP contribution in [-0.4, -0.2) is 45.9 Å². The van der Waals surface area contributed by atoms with Crippen LogP contribution < -0.4 is 0 Å². The summed E-state index contributed by atoms with van der Waals surface area (Å²) < 4.78 is 5.62. The lowest BCUT2D eigenvalue weighted by Crippen LogP contribution is -2.36. The molecule has 160 valence electrons. The Morgan fingerprint density at radius 2 is 1.90 bits per heavy atom. The molecule has 1 N–H and O–H groups in total. The molecule has 0 aromatic heterocycles. The topological polar surface area (TPSA) is 110 Å². The second kappa shape index (κ2) is 8.49. The molecule has 2 aliphatic rings. The number of nitro groups is 1. The molecule has 0 unspecified atom stereocenters. The smallest absolute Gasteiger partial charge is 0.295 e. The Kier molecular flexibility index (Phi) is 5.75. The highest BCUT2D eigenvalue weighted by Gasteiger charge is 2.48. The predicted molar refractivity (Wildman–Crippen MR) is 113 cm³/mol. The quantitative estimate of drug-likeness (QED) is 0.247. The molecule has 0 spiro atoms. The molecule has 8 nitrogen and oxygen atoms in total. The second-order valence-electron chi connectivity index (χ2n) is 7.41. The molecule has 31 heavy (non-hydrogen) atoms. The van der Waals surface area contributed by atoms with Gasteiger partial charge in [0.05, 0.1) is 28.2 Å². The molecule has 2 aliphatic heterocycles. The van der Waals surface area contributed by atoms with E-state index in [1.165, 1.54) is 35.2 Å². The van der Waals surface area contributed by atoms with Crippen LogP contribution in [0.3, 0.4) is 0 Å². The molecule has 2 heterocycles. The highest BCUT2D eigenvalue weighted by atomic mass is 35.5. The van der Waals surface area contributed by atoms with Crippen LogP contribution in [0.25, 0.3) is 5.76 Å². The summed E-state index contributed by atoms with van der Waals surface area (Å²) in [5, 5.41) is 23.1. The molecule has 2 fully saturated rings. The molecule has 1 amide bonds. The minimum atomic E-state index is -1.11. The van der Waals surface area contributed by atoms with Crippen LogP contribution in [0.15, 0.2) is 54.1 Å². The van der Waals surface area contributed by atoms with Gasteiger partial charge in [-0.15, -0.1) is 0 Å². The predicted octanol–water partition coefficient (Wildman–Crippen LogP) is 3.85. The van der Waals surface area contributed by atoms with Gasteiger partial charge in [-0.05, 0) is 43.2 Å². The van der Waals surface area contributed by atoms with Gasteiger partial charge >= 0.3 is 0 Å². The number of Topliss-reactive ketones (excluding diaryl/α,β-unsaturated/α-hetero) is 1. The number of hydrogen-bond acceptors (Lipinski definition) is 6. The molecule has 0 radical (unpaired) electrons. The van der Waals surface area contributed by atoms with Crippen molar-refractivity contribution in [1.29, 1.82) is 0 Å². The summed E-state index contributed by atoms with van der Waals surface area (Å²) in [5.74, 6) is -2.13. The Labute approximate surface area is 182 Å². The summed E-state index contributed by atoms with van der Waals surface area (Å²) >= 11 is 5.91. The van der Waals surface area contributed by atoms with E-state index in [0.717, 1.165) is 6.42 Å². The van der Waals surface area contributed by atoms with Gasteiger partial charge in [0.1, 0.15) is 5.76 Å². The highest BCUT2D eigenvalue weighted by Crippen LogP contribution is 2.43. The van der Waals surface area contributed by atoms with E-state index >= 15 is 0 Å². The Balaban J connectivity index is 1.89. The maximum Gasteiger partial charge on any atom is 0.295 e. The van der Waals surface area contributed by atoms with E-state index in [4.69, 9.17) is 16.3 Å². The lowest BCUT2D eigenvalue weighted by molar-refractivity contribution is -0.385. The number of ether oxygens (including phenoxy) is 1. The maximum atomic E-state index is 13.0. The molecule has 9 heteroatoms. The van der Waals surface area contributed by atoms with Gasteiger partial charge in [0.25, 0.3) is 17.4 Å². The van der Waals surface area contributed by atoms with Gasteiger partial charge in [0.2, 0.25) is 0 Å². The fourth-order valence-electron chi connectivity index (χ4n) is 4.05. The SMILES string of the molecule is O=C1C(=O)N(C[C@@H]2CCCO2)[C@@H](c2ccccc2[N+](=O)[O-])/C1=C(\O)c1ccc(Cl)cc1. The number of aliphatic hydroxyl groups is 1. The van der Waals surface area contributed by atoms with Crippen molar-refractivity contribution in [1.82, 2.24) is 4.90 Å². The normalized spacial score (nSPS) is 22.8. The van der Waals surface area contributed by atoms with Crippen LogP contribution in [0.1, 0.15) is 30.0 Å². The molecule has 0 aliphatic carbocycles. The number of carbonyl (C=O) groups is 2. The van der Waals surface area contributed by atoms with Crippen LogP contribution in [0.2, 0.25) is 5.02 Å². The van der Waals surface area contributed by atoms with Crippen LogP contribution >= 0.6 is 11.6 Å². The number of benzene rings is 2. The Bertz CT molecular complexity index is 1080. The Morgan fingerprint density at radius 3 is 2.55 bits per heavy atom. The monoisotopic (exact) mass is 442 g/mol. The van der Waals surface area contributed by atoms with Crippen molar-refractivity contribution in [2.75, 3.05) is 13.2 Å². The summed E-state index contributed by atoms with van der Waals surface area (Å²) in [7, 11) is 0. The molecule has 4 rings (SSSR count). The van der Waals surface area contributed by atoms with E-state index < -0.39 is 28.4 Å². The number of carbonyl (C=O) groups excluding carboxylic acids is 2. The zero-order valence-electron chi connectivity index (χ0n) is 16.4. The van der Waals surface area contributed by atoms with E-state index in [1.807, 2.05) is 0 Å². The molecule has 0 bridgehead atoms. The first-order chi connectivity index (χ1) is 14.9. The number of aliphatic hydroxyl groups excluding tert-OH is 1. The van der Waals surface area contributed by atoms with Crippen LogP contribution in [0.5, 0.6) is 0 Å². The summed E-state index contributed by atoms with van der Waals surface area (Å²) in [6.07, 6.45) is 1.26. The number of ketones is 1. The van der Waals surface area contributed by atoms with E-state index in [2.05, 4.69) is 0 Å². The first kappa shape index (κ1) is 21.0. The third-order valence-electron chi connectivity index (χ3n) is 5.51. The third-order valence-corrected chi connectivity index (χ3v) is 5.76. The number of hydrogen-bond donors (Lipinski definition) is 1. The zero-order valence-corrected chi connectivity index (χ0v) is 17.1. The van der Waals surface area contributed by atoms with E-state index in [9.17, 15) is 24.8 Å². The van der Waals surface area contributed by atoms with Gasteiger partial charge < -0.3 is 14.7 Å². The number of nitro benzene ring substituents is 1. The molecule has 2 atom stereocenters. The largest absolute Gasteiger partial charge is 0.507 e. The Hall–Kier alpha value is -3.23. The first-order valence-electron chi connectivity index (χ1n) is 9.77. The first-order valence-corrected chi connectivity index (χ1v) is 10.2. The highest BCUT2D eigenvalue weighted by molar-refractivity contribution is 6.46. The standard InChI is InChI=1S/C22H19ClN2O6/c23-14-9-7-13(8-10-14)20(26)18-19(16-5-1-2-6-17(16)25(29)30)24(22(28)21(18)27)12-15-4-3-11-31-15/h1-2,5-10,15,19,26H,3-4,11-12H2/b20-18+/t15-,19-/m0/s1. The molecule has 2 aromatic carbocycles. The van der Waals surface area contributed by atoms with Gasteiger partial charge in [-0.1, -0.05) is 23.7 Å². The summed E-state index contributed by atoms with van der Waals surface area (Å²) in [5.41, 5.74) is -0.00308. The van der Waals surface area contributed by atoms with E-state index in [1.54, 1.807) is 18.2 Å². The number of rotatable bonds is 5.